The molecule has 0 aliphatic rings. The van der Waals surface area contributed by atoms with Gasteiger partial charge >= 0.3 is 5.69 Å². The standard InChI is InChI=1S/C15H21N5O3/c1-8-7-10(13(21)17-6-5-9(2)16)18-12-11(8)14(22)20(4)15(23)19(12)3/h7,9H,5-6,16H2,1-4H3,(H,17,21). The molecule has 0 radical (unpaired) electrons. The molecule has 3 N–H and O–H groups in total. The van der Waals surface area contributed by atoms with Crippen LogP contribution in [0.25, 0.3) is 11.0 Å². The SMILES string of the molecule is Cc1cc(C(=O)NCCC(C)N)nc2c1c(=O)n(C)c(=O)n2C. The molecular weight excluding hydrogens is 298 g/mol. The molecule has 0 aliphatic carbocycles. The molecule has 1 atom stereocenters. The number of pyridine rings is 1. The lowest BCUT2D eigenvalue weighted by atomic mass is 10.1. The van der Waals surface area contributed by atoms with Crippen molar-refractivity contribution in [3.05, 3.63) is 38.2 Å². The van der Waals surface area contributed by atoms with E-state index in [1.165, 1.54) is 18.7 Å². The Kier molecular flexibility index (Phi) is 4.65. The van der Waals surface area contributed by atoms with Gasteiger partial charge in [-0.05, 0) is 31.9 Å². The zero-order valence-electron chi connectivity index (χ0n) is 13.7. The van der Waals surface area contributed by atoms with Crippen LogP contribution in [0, 0.1) is 6.92 Å². The molecule has 8 nitrogen and oxygen atoms in total. The molecule has 124 valence electrons. The van der Waals surface area contributed by atoms with E-state index in [0.717, 1.165) is 4.57 Å². The fourth-order valence-corrected chi connectivity index (χ4v) is 2.35. The number of hydrogen-bond acceptors (Lipinski definition) is 5. The van der Waals surface area contributed by atoms with E-state index < -0.39 is 11.2 Å². The zero-order valence-corrected chi connectivity index (χ0v) is 13.7. The molecule has 0 aliphatic heterocycles. The molecule has 0 saturated heterocycles. The van der Waals surface area contributed by atoms with Gasteiger partial charge in [-0.1, -0.05) is 0 Å². The van der Waals surface area contributed by atoms with Crippen molar-refractivity contribution in [2.24, 2.45) is 19.8 Å². The summed E-state index contributed by atoms with van der Waals surface area (Å²) in [5.74, 6) is -0.358. The topological polar surface area (TPSA) is 112 Å². The van der Waals surface area contributed by atoms with Crippen LogP contribution in [0.4, 0.5) is 0 Å². The van der Waals surface area contributed by atoms with Crippen LogP contribution in [0.2, 0.25) is 0 Å². The maximum Gasteiger partial charge on any atom is 0.332 e. The molecule has 8 heteroatoms. The van der Waals surface area contributed by atoms with Crippen LogP contribution in [0.1, 0.15) is 29.4 Å². The summed E-state index contributed by atoms with van der Waals surface area (Å²) in [6.07, 6.45) is 0.650. The molecule has 0 fully saturated rings. The molecular formula is C15H21N5O3. The molecule has 1 unspecified atom stereocenters. The van der Waals surface area contributed by atoms with Gasteiger partial charge in [0.15, 0.2) is 0 Å². The Hall–Kier alpha value is -2.48. The number of carbonyl (C=O) groups excluding carboxylic acids is 1. The Labute approximate surface area is 132 Å². The summed E-state index contributed by atoms with van der Waals surface area (Å²) in [7, 11) is 2.94. The van der Waals surface area contributed by atoms with Crippen molar-refractivity contribution in [2.45, 2.75) is 26.3 Å². The highest BCUT2D eigenvalue weighted by atomic mass is 16.2. The number of rotatable bonds is 4. The lowest BCUT2D eigenvalue weighted by Crippen LogP contribution is -2.38. The molecule has 2 heterocycles. The van der Waals surface area contributed by atoms with Gasteiger partial charge in [0.2, 0.25) is 0 Å². The second kappa shape index (κ2) is 6.33. The number of nitrogens with zero attached hydrogens (tertiary/aromatic N) is 3. The number of nitrogens with two attached hydrogens (primary N) is 1. The third-order valence-electron chi connectivity index (χ3n) is 3.73. The Balaban J connectivity index is 2.52. The summed E-state index contributed by atoms with van der Waals surface area (Å²) >= 11 is 0. The van der Waals surface area contributed by atoms with Gasteiger partial charge in [-0.3, -0.25) is 18.7 Å². The fourth-order valence-electron chi connectivity index (χ4n) is 2.35. The van der Waals surface area contributed by atoms with E-state index in [-0.39, 0.29) is 23.3 Å². The van der Waals surface area contributed by atoms with Crippen molar-refractivity contribution in [3.8, 4) is 0 Å². The van der Waals surface area contributed by atoms with E-state index in [9.17, 15) is 14.4 Å². The number of carbonyl (C=O) groups is 1. The van der Waals surface area contributed by atoms with E-state index in [4.69, 9.17) is 5.73 Å². The molecule has 1 amide bonds. The van der Waals surface area contributed by atoms with Gasteiger partial charge in [-0.15, -0.1) is 0 Å². The van der Waals surface area contributed by atoms with Gasteiger partial charge in [0, 0.05) is 26.7 Å². The van der Waals surface area contributed by atoms with E-state index in [2.05, 4.69) is 10.3 Å². The Morgan fingerprint density at radius 3 is 2.61 bits per heavy atom. The Bertz CT molecular complexity index is 879. The predicted octanol–water partition coefficient (Wildman–Crippen LogP) is -0.592. The molecule has 2 aromatic rings. The summed E-state index contributed by atoms with van der Waals surface area (Å²) in [4.78, 5) is 40.6. The minimum absolute atomic E-state index is 0.00885. The van der Waals surface area contributed by atoms with Crippen molar-refractivity contribution in [3.63, 3.8) is 0 Å². The van der Waals surface area contributed by atoms with Crippen molar-refractivity contribution >= 4 is 16.9 Å². The van der Waals surface area contributed by atoms with Gasteiger partial charge < -0.3 is 11.1 Å². The largest absolute Gasteiger partial charge is 0.351 e. The first-order valence-corrected chi connectivity index (χ1v) is 7.35. The number of aromatic nitrogens is 3. The van der Waals surface area contributed by atoms with Crippen LogP contribution < -0.4 is 22.3 Å². The van der Waals surface area contributed by atoms with Gasteiger partial charge in [-0.25, -0.2) is 9.78 Å². The number of amides is 1. The maximum atomic E-state index is 12.2. The number of hydrogen-bond donors (Lipinski definition) is 2. The first-order valence-electron chi connectivity index (χ1n) is 7.35. The molecule has 0 bridgehead atoms. The summed E-state index contributed by atoms with van der Waals surface area (Å²) in [5.41, 5.74) is 5.71. The molecule has 0 saturated carbocycles. The third-order valence-corrected chi connectivity index (χ3v) is 3.73. The van der Waals surface area contributed by atoms with Crippen molar-refractivity contribution in [1.82, 2.24) is 19.4 Å². The molecule has 0 aromatic carbocycles. The maximum absolute atomic E-state index is 12.2. The lowest BCUT2D eigenvalue weighted by Gasteiger charge is -2.11. The van der Waals surface area contributed by atoms with Crippen LogP contribution in [0.3, 0.4) is 0 Å². The summed E-state index contributed by atoms with van der Waals surface area (Å²) < 4.78 is 2.29. The minimum Gasteiger partial charge on any atom is -0.351 e. The number of fused-ring (bicyclic) bond motifs is 1. The lowest BCUT2D eigenvalue weighted by molar-refractivity contribution is 0.0948. The van der Waals surface area contributed by atoms with Crippen LogP contribution in [0.15, 0.2) is 15.7 Å². The normalized spacial score (nSPS) is 12.4. The van der Waals surface area contributed by atoms with Crippen LogP contribution in [-0.4, -0.2) is 32.6 Å². The summed E-state index contributed by atoms with van der Waals surface area (Å²) in [6.45, 7) is 4.01. The van der Waals surface area contributed by atoms with Gasteiger partial charge in [0.25, 0.3) is 11.5 Å². The minimum atomic E-state index is -0.482. The van der Waals surface area contributed by atoms with Gasteiger partial charge in [-0.2, -0.15) is 0 Å². The number of aryl methyl sites for hydroxylation is 2. The predicted molar refractivity (Wildman–Crippen MR) is 87.6 cm³/mol. The van der Waals surface area contributed by atoms with Crippen LogP contribution in [-0.2, 0) is 14.1 Å². The molecule has 23 heavy (non-hydrogen) atoms. The van der Waals surface area contributed by atoms with Crippen molar-refractivity contribution in [1.29, 1.82) is 0 Å². The number of nitrogens with one attached hydrogen (secondary N) is 1. The van der Waals surface area contributed by atoms with Crippen LogP contribution in [0.5, 0.6) is 0 Å². The Morgan fingerprint density at radius 1 is 1.35 bits per heavy atom. The zero-order chi connectivity index (χ0) is 17.3. The highest BCUT2D eigenvalue weighted by Crippen LogP contribution is 2.12. The highest BCUT2D eigenvalue weighted by molar-refractivity contribution is 5.95. The van der Waals surface area contributed by atoms with E-state index >= 15 is 0 Å². The van der Waals surface area contributed by atoms with E-state index in [0.29, 0.717) is 23.9 Å². The first kappa shape index (κ1) is 16.9. The van der Waals surface area contributed by atoms with E-state index in [1.807, 2.05) is 6.92 Å². The second-order valence-corrected chi connectivity index (χ2v) is 5.75. The average molecular weight is 319 g/mol. The van der Waals surface area contributed by atoms with Crippen LogP contribution >= 0.6 is 0 Å². The summed E-state index contributed by atoms with van der Waals surface area (Å²) in [5, 5.41) is 3.07. The average Bonchev–Trinajstić information content (AvgIpc) is 2.49. The van der Waals surface area contributed by atoms with Gasteiger partial charge in [0.1, 0.15) is 11.3 Å². The van der Waals surface area contributed by atoms with Crippen molar-refractivity contribution in [2.75, 3.05) is 6.54 Å². The fraction of sp³-hybridized carbons (Fsp3) is 0.467. The Morgan fingerprint density at radius 2 is 2.00 bits per heavy atom. The quantitative estimate of drug-likeness (QED) is 0.782. The summed E-state index contributed by atoms with van der Waals surface area (Å²) in [6, 6.07) is 1.54. The van der Waals surface area contributed by atoms with Crippen molar-refractivity contribution < 1.29 is 4.79 Å². The highest BCUT2D eigenvalue weighted by Gasteiger charge is 2.16. The second-order valence-electron chi connectivity index (χ2n) is 5.75. The third kappa shape index (κ3) is 3.16. The first-order chi connectivity index (χ1) is 10.7. The van der Waals surface area contributed by atoms with E-state index in [1.54, 1.807) is 13.0 Å². The smallest absolute Gasteiger partial charge is 0.332 e. The molecule has 0 spiro atoms. The monoisotopic (exact) mass is 319 g/mol. The molecule has 2 rings (SSSR count). The molecule has 2 aromatic heterocycles. The van der Waals surface area contributed by atoms with Gasteiger partial charge in [0.05, 0.1) is 5.39 Å².